The molecule has 0 bridgehead atoms. The zero-order valence-corrected chi connectivity index (χ0v) is 20.5. The fourth-order valence-electron chi connectivity index (χ4n) is 3.27. The molecule has 6 nitrogen and oxygen atoms in total. The number of anilines is 1. The Kier molecular flexibility index (Phi) is 6.92. The molecule has 1 amide bonds. The standard InChI is InChI=1S/C24H21N3O3S3/c1-4-10-27-23(30)20-18(19-9-6-11-31-19)13-32-22(20)26-24(27)33-15(3)21(29)25-17-8-5-7-16(12-17)14(2)28/h4-9,11-13,15H,1,10H2,2-3H3,(H,25,29)/t15-/m0/s1. The number of benzene rings is 1. The third kappa shape index (κ3) is 4.85. The van der Waals surface area contributed by atoms with Crippen LogP contribution in [-0.2, 0) is 11.3 Å². The van der Waals surface area contributed by atoms with E-state index in [4.69, 9.17) is 4.98 Å². The predicted molar refractivity (Wildman–Crippen MR) is 138 cm³/mol. The molecular weight excluding hydrogens is 474 g/mol. The Labute approximate surface area is 203 Å². The maximum Gasteiger partial charge on any atom is 0.263 e. The highest BCUT2D eigenvalue weighted by atomic mass is 32.2. The molecule has 1 atom stereocenters. The zero-order chi connectivity index (χ0) is 23.5. The van der Waals surface area contributed by atoms with Crippen LogP contribution in [0.25, 0.3) is 20.7 Å². The predicted octanol–water partition coefficient (Wildman–Crippen LogP) is 5.69. The molecule has 9 heteroatoms. The van der Waals surface area contributed by atoms with E-state index in [1.807, 2.05) is 22.9 Å². The van der Waals surface area contributed by atoms with Gasteiger partial charge >= 0.3 is 0 Å². The molecule has 4 aromatic rings. The lowest BCUT2D eigenvalue weighted by Crippen LogP contribution is -2.26. The molecule has 0 fully saturated rings. The third-order valence-electron chi connectivity index (χ3n) is 4.95. The summed E-state index contributed by atoms with van der Waals surface area (Å²) in [7, 11) is 0. The number of aromatic nitrogens is 2. The summed E-state index contributed by atoms with van der Waals surface area (Å²) >= 11 is 4.22. The summed E-state index contributed by atoms with van der Waals surface area (Å²) in [6.07, 6.45) is 1.65. The second-order valence-electron chi connectivity index (χ2n) is 7.29. The molecule has 0 spiro atoms. The van der Waals surface area contributed by atoms with E-state index in [1.165, 1.54) is 30.0 Å². The zero-order valence-electron chi connectivity index (χ0n) is 18.0. The molecule has 168 valence electrons. The van der Waals surface area contributed by atoms with Gasteiger partial charge in [0.25, 0.3) is 5.56 Å². The molecule has 1 N–H and O–H groups in total. The van der Waals surface area contributed by atoms with Crippen LogP contribution in [-0.4, -0.2) is 26.5 Å². The normalized spacial score (nSPS) is 11.9. The molecule has 0 radical (unpaired) electrons. The monoisotopic (exact) mass is 495 g/mol. The summed E-state index contributed by atoms with van der Waals surface area (Å²) in [6.45, 7) is 7.30. The molecule has 0 unspecified atom stereocenters. The largest absolute Gasteiger partial charge is 0.325 e. The van der Waals surface area contributed by atoms with Crippen molar-refractivity contribution in [1.82, 2.24) is 9.55 Å². The molecule has 1 aromatic carbocycles. The smallest absolute Gasteiger partial charge is 0.263 e. The lowest BCUT2D eigenvalue weighted by Gasteiger charge is -2.15. The van der Waals surface area contributed by atoms with Crippen molar-refractivity contribution >= 4 is 62.0 Å². The van der Waals surface area contributed by atoms with Crippen molar-refractivity contribution in [2.75, 3.05) is 5.32 Å². The first-order valence-corrected chi connectivity index (χ1v) is 12.8. The fourth-order valence-corrected chi connectivity index (χ4v) is 5.99. The third-order valence-corrected chi connectivity index (χ3v) is 7.81. The maximum absolute atomic E-state index is 13.4. The average Bonchev–Trinajstić information content (AvgIpc) is 3.46. The van der Waals surface area contributed by atoms with E-state index in [-0.39, 0.29) is 17.2 Å². The number of thioether (sulfide) groups is 1. The number of hydrogen-bond acceptors (Lipinski definition) is 7. The van der Waals surface area contributed by atoms with Gasteiger partial charge in [0.05, 0.1) is 10.6 Å². The second-order valence-corrected chi connectivity index (χ2v) is 10.4. The Morgan fingerprint density at radius 2 is 2.09 bits per heavy atom. The van der Waals surface area contributed by atoms with E-state index in [1.54, 1.807) is 53.2 Å². The first-order chi connectivity index (χ1) is 15.9. The number of rotatable bonds is 8. The number of fused-ring (bicyclic) bond motifs is 1. The summed E-state index contributed by atoms with van der Waals surface area (Å²) in [5, 5.41) is 7.30. The van der Waals surface area contributed by atoms with Crippen LogP contribution >= 0.6 is 34.4 Å². The van der Waals surface area contributed by atoms with Crippen molar-refractivity contribution in [2.24, 2.45) is 0 Å². The minimum Gasteiger partial charge on any atom is -0.325 e. The number of ketones is 1. The van der Waals surface area contributed by atoms with Gasteiger partial charge in [0.2, 0.25) is 5.91 Å². The highest BCUT2D eigenvalue weighted by Crippen LogP contribution is 2.35. The molecule has 3 aromatic heterocycles. The van der Waals surface area contributed by atoms with Crippen molar-refractivity contribution in [2.45, 2.75) is 30.8 Å². The Morgan fingerprint density at radius 3 is 2.79 bits per heavy atom. The molecule has 0 aliphatic carbocycles. The Bertz CT molecular complexity index is 1400. The van der Waals surface area contributed by atoms with Gasteiger partial charge in [-0.15, -0.1) is 29.3 Å². The molecule has 0 aliphatic heterocycles. The van der Waals surface area contributed by atoms with Crippen molar-refractivity contribution in [3.05, 3.63) is 75.7 Å². The van der Waals surface area contributed by atoms with E-state index < -0.39 is 5.25 Å². The number of Topliss-reactive ketones (excluding diaryl/α,β-unsaturated/α-hetero) is 1. The quantitative estimate of drug-likeness (QED) is 0.147. The van der Waals surface area contributed by atoms with Crippen molar-refractivity contribution in [3.8, 4) is 10.4 Å². The highest BCUT2D eigenvalue weighted by Gasteiger charge is 2.22. The molecule has 0 saturated heterocycles. The van der Waals surface area contributed by atoms with Crippen molar-refractivity contribution in [3.63, 3.8) is 0 Å². The van der Waals surface area contributed by atoms with Gasteiger partial charge in [-0.3, -0.25) is 19.0 Å². The summed E-state index contributed by atoms with van der Waals surface area (Å²) in [6, 6.07) is 10.7. The van der Waals surface area contributed by atoms with E-state index in [0.29, 0.717) is 33.2 Å². The van der Waals surface area contributed by atoms with Crippen LogP contribution < -0.4 is 10.9 Å². The summed E-state index contributed by atoms with van der Waals surface area (Å²) in [5.74, 6) is -0.317. The lowest BCUT2D eigenvalue weighted by molar-refractivity contribution is -0.115. The van der Waals surface area contributed by atoms with Crippen LogP contribution in [0.1, 0.15) is 24.2 Å². The number of amides is 1. The van der Waals surface area contributed by atoms with Gasteiger partial charge in [0.15, 0.2) is 10.9 Å². The topological polar surface area (TPSA) is 81.1 Å². The number of thiophene rings is 2. The van der Waals surface area contributed by atoms with Crippen LogP contribution in [0.3, 0.4) is 0 Å². The van der Waals surface area contributed by atoms with Gasteiger partial charge < -0.3 is 5.32 Å². The minimum atomic E-state index is -0.525. The molecule has 3 heterocycles. The van der Waals surface area contributed by atoms with Gasteiger partial charge in [-0.1, -0.05) is 36.0 Å². The van der Waals surface area contributed by atoms with Crippen LogP contribution in [0, 0.1) is 0 Å². The Morgan fingerprint density at radius 1 is 1.27 bits per heavy atom. The lowest BCUT2D eigenvalue weighted by atomic mass is 10.1. The first kappa shape index (κ1) is 23.2. The molecule has 0 saturated carbocycles. The summed E-state index contributed by atoms with van der Waals surface area (Å²) < 4.78 is 1.56. The molecule has 0 aliphatic rings. The summed E-state index contributed by atoms with van der Waals surface area (Å²) in [4.78, 5) is 44.2. The van der Waals surface area contributed by atoms with Gasteiger partial charge in [0.1, 0.15) is 4.83 Å². The van der Waals surface area contributed by atoms with E-state index in [2.05, 4.69) is 11.9 Å². The average molecular weight is 496 g/mol. The molecule has 33 heavy (non-hydrogen) atoms. The van der Waals surface area contributed by atoms with E-state index >= 15 is 0 Å². The Hall–Kier alpha value is -3.01. The number of allylic oxidation sites excluding steroid dienone is 1. The number of carbonyl (C=O) groups is 2. The summed E-state index contributed by atoms with van der Waals surface area (Å²) in [5.41, 5.74) is 1.81. The van der Waals surface area contributed by atoms with Gasteiger partial charge in [-0.2, -0.15) is 0 Å². The van der Waals surface area contributed by atoms with E-state index in [0.717, 1.165) is 10.4 Å². The number of nitrogens with zero attached hydrogens (tertiary/aromatic N) is 2. The van der Waals surface area contributed by atoms with Crippen molar-refractivity contribution in [1.29, 1.82) is 0 Å². The van der Waals surface area contributed by atoms with E-state index in [9.17, 15) is 14.4 Å². The van der Waals surface area contributed by atoms with Gasteiger partial charge in [0, 0.05) is 33.6 Å². The Balaban J connectivity index is 1.63. The molecular formula is C24H21N3O3S3. The van der Waals surface area contributed by atoms with Crippen LogP contribution in [0.5, 0.6) is 0 Å². The van der Waals surface area contributed by atoms with Crippen LogP contribution in [0.2, 0.25) is 0 Å². The number of nitrogens with one attached hydrogen (secondary N) is 1. The second kappa shape index (κ2) is 9.86. The van der Waals surface area contributed by atoms with Crippen LogP contribution in [0.4, 0.5) is 5.69 Å². The number of carbonyl (C=O) groups excluding carboxylic acids is 2. The van der Waals surface area contributed by atoms with Crippen LogP contribution in [0.15, 0.2) is 69.8 Å². The SMILES string of the molecule is C=CCn1c(S[C@@H](C)C(=O)Nc2cccc(C(C)=O)c2)nc2scc(-c3cccs3)c2c1=O. The highest BCUT2D eigenvalue weighted by molar-refractivity contribution is 8.00. The van der Waals surface area contributed by atoms with Gasteiger partial charge in [-0.05, 0) is 37.4 Å². The minimum absolute atomic E-state index is 0.0719. The number of hydrogen-bond donors (Lipinski definition) is 1. The molecule has 4 rings (SSSR count). The maximum atomic E-state index is 13.4. The van der Waals surface area contributed by atoms with Crippen molar-refractivity contribution < 1.29 is 9.59 Å². The first-order valence-electron chi connectivity index (χ1n) is 10.1. The van der Waals surface area contributed by atoms with Gasteiger partial charge in [-0.25, -0.2) is 4.98 Å². The fraction of sp³-hybridized carbons (Fsp3) is 0.167.